The van der Waals surface area contributed by atoms with Crippen LogP contribution in [-0.4, -0.2) is 53.5 Å². The summed E-state index contributed by atoms with van der Waals surface area (Å²) in [5, 5.41) is 11.3. The third kappa shape index (κ3) is 2.93. The van der Waals surface area contributed by atoms with Crippen molar-refractivity contribution in [3.05, 3.63) is 12.2 Å². The molecule has 146 valence electrons. The molecule has 0 aromatic carbocycles. The van der Waals surface area contributed by atoms with Crippen molar-refractivity contribution in [2.75, 3.05) is 6.61 Å². The largest absolute Gasteiger partial charge is 0.459 e. The van der Waals surface area contributed by atoms with Gasteiger partial charge in [0.25, 0.3) is 0 Å². The first-order chi connectivity index (χ1) is 12.1. The Hall–Kier alpha value is -1.19. The van der Waals surface area contributed by atoms with Crippen LogP contribution in [0.15, 0.2) is 12.2 Å². The first-order valence-corrected chi connectivity index (χ1v) is 8.80. The van der Waals surface area contributed by atoms with Crippen molar-refractivity contribution in [2.45, 2.75) is 63.5 Å². The van der Waals surface area contributed by atoms with Gasteiger partial charge < -0.3 is 24.1 Å². The summed E-state index contributed by atoms with van der Waals surface area (Å²) >= 11 is 5.49. The van der Waals surface area contributed by atoms with E-state index in [1.54, 1.807) is 0 Å². The molecule has 4 fully saturated rings. The molecular formula is C17H23ClO8. The summed E-state index contributed by atoms with van der Waals surface area (Å²) in [6.45, 7) is 8.70. The maximum absolute atomic E-state index is 12.1. The molecule has 0 spiro atoms. The van der Waals surface area contributed by atoms with Crippen LogP contribution in [0, 0.1) is 11.8 Å². The molecule has 3 aliphatic heterocycles. The van der Waals surface area contributed by atoms with Crippen LogP contribution < -0.4 is 0 Å². The zero-order valence-electron chi connectivity index (χ0n) is 14.9. The molecule has 9 heteroatoms. The lowest BCUT2D eigenvalue weighted by Gasteiger charge is -2.55. The minimum atomic E-state index is -1.50. The van der Waals surface area contributed by atoms with Crippen LogP contribution >= 0.6 is 11.9 Å². The van der Waals surface area contributed by atoms with Gasteiger partial charge in [-0.2, -0.15) is 0 Å². The van der Waals surface area contributed by atoms with Gasteiger partial charge in [0.05, 0.1) is 17.8 Å². The van der Waals surface area contributed by atoms with Gasteiger partial charge in [0, 0.05) is 25.3 Å². The van der Waals surface area contributed by atoms with E-state index >= 15 is 0 Å². The number of carbonyl (C=O) groups excluding carboxylic acids is 2. The van der Waals surface area contributed by atoms with Crippen LogP contribution in [0.1, 0.15) is 33.6 Å². The monoisotopic (exact) mass is 390 g/mol. The second-order valence-corrected chi connectivity index (χ2v) is 7.70. The first kappa shape index (κ1) is 19.6. The van der Waals surface area contributed by atoms with Crippen molar-refractivity contribution in [2.24, 2.45) is 11.8 Å². The summed E-state index contributed by atoms with van der Waals surface area (Å²) in [6.07, 6.45) is -2.76. The van der Waals surface area contributed by atoms with Gasteiger partial charge in [-0.3, -0.25) is 13.9 Å². The van der Waals surface area contributed by atoms with Crippen LogP contribution in [0.5, 0.6) is 0 Å². The molecule has 8 nitrogen and oxygen atoms in total. The fourth-order valence-corrected chi connectivity index (χ4v) is 4.33. The van der Waals surface area contributed by atoms with Crippen LogP contribution in [0.4, 0.5) is 0 Å². The first-order valence-electron chi connectivity index (χ1n) is 8.49. The normalized spacial score (nSPS) is 40.8. The highest BCUT2D eigenvalue weighted by Gasteiger charge is 2.76. The Morgan fingerprint density at radius 3 is 2.69 bits per heavy atom. The molecule has 1 saturated carbocycles. The average Bonchev–Trinajstić information content (AvgIpc) is 2.71. The Morgan fingerprint density at radius 2 is 2.12 bits per heavy atom. The van der Waals surface area contributed by atoms with E-state index in [-0.39, 0.29) is 25.4 Å². The minimum absolute atomic E-state index is 0.0222. The number of esters is 2. The van der Waals surface area contributed by atoms with E-state index in [2.05, 4.69) is 6.58 Å². The molecule has 26 heavy (non-hydrogen) atoms. The van der Waals surface area contributed by atoms with Crippen LogP contribution in [-0.2, 0) is 32.8 Å². The second-order valence-electron chi connectivity index (χ2n) is 7.48. The molecule has 1 aliphatic carbocycles. The maximum atomic E-state index is 12.1. The number of ether oxygens (including phenoxy) is 4. The van der Waals surface area contributed by atoms with Crippen LogP contribution in [0.25, 0.3) is 0 Å². The highest BCUT2D eigenvalue weighted by Crippen LogP contribution is 2.61. The molecule has 2 unspecified atom stereocenters. The molecule has 4 bridgehead atoms. The van der Waals surface area contributed by atoms with Gasteiger partial charge in [-0.25, -0.2) is 0 Å². The lowest BCUT2D eigenvalue weighted by molar-refractivity contribution is -0.389. The zero-order chi connectivity index (χ0) is 19.3. The Labute approximate surface area is 156 Å². The number of hydrogen-bond acceptors (Lipinski definition) is 8. The van der Waals surface area contributed by atoms with Crippen molar-refractivity contribution >= 4 is 23.8 Å². The summed E-state index contributed by atoms with van der Waals surface area (Å²) in [5.41, 5.74) is -2.52. The van der Waals surface area contributed by atoms with Gasteiger partial charge in [0.15, 0.2) is 6.29 Å². The number of rotatable bonds is 6. The quantitative estimate of drug-likeness (QED) is 0.537. The molecule has 6 atom stereocenters. The van der Waals surface area contributed by atoms with Crippen molar-refractivity contribution < 1.29 is 37.9 Å². The number of carbonyl (C=O) groups is 2. The highest BCUT2D eigenvalue weighted by atomic mass is 35.5. The Morgan fingerprint density at radius 1 is 1.42 bits per heavy atom. The third-order valence-corrected chi connectivity index (χ3v) is 5.30. The molecule has 3 saturated heterocycles. The van der Waals surface area contributed by atoms with E-state index in [1.165, 1.54) is 6.92 Å². The van der Waals surface area contributed by atoms with Gasteiger partial charge in [-0.15, -0.1) is 0 Å². The predicted octanol–water partition coefficient (Wildman–Crippen LogP) is 1.44. The fourth-order valence-electron chi connectivity index (χ4n) is 4.16. The number of halogens is 1. The van der Waals surface area contributed by atoms with Gasteiger partial charge in [0.1, 0.15) is 23.9 Å². The van der Waals surface area contributed by atoms with Crippen molar-refractivity contribution in [1.82, 2.24) is 0 Å². The van der Waals surface area contributed by atoms with Gasteiger partial charge in [-0.05, 0) is 5.92 Å². The van der Waals surface area contributed by atoms with Gasteiger partial charge in [-0.1, -0.05) is 20.4 Å². The summed E-state index contributed by atoms with van der Waals surface area (Å²) in [7, 11) is 0. The Kier molecular flexibility index (Phi) is 5.09. The SMILES string of the molecule is C=C1[C@@H]2OC(OC(=O)CC(C)C)C3[C@]1(O)C[C@H](OC(C)=O)[C@]3(COCl)O2. The maximum Gasteiger partial charge on any atom is 0.308 e. The molecule has 0 amide bonds. The average molecular weight is 391 g/mol. The molecule has 0 radical (unpaired) electrons. The lowest BCUT2D eigenvalue weighted by atomic mass is 9.73. The summed E-state index contributed by atoms with van der Waals surface area (Å²) in [5.74, 6) is -1.80. The summed E-state index contributed by atoms with van der Waals surface area (Å²) in [6, 6.07) is 0. The second kappa shape index (κ2) is 6.76. The summed E-state index contributed by atoms with van der Waals surface area (Å²) in [4.78, 5) is 23.7. The van der Waals surface area contributed by atoms with E-state index in [9.17, 15) is 14.7 Å². The molecule has 1 N–H and O–H groups in total. The van der Waals surface area contributed by atoms with Crippen molar-refractivity contribution in [3.63, 3.8) is 0 Å². The Balaban J connectivity index is 1.95. The number of hydrogen-bond donors (Lipinski definition) is 1. The van der Waals surface area contributed by atoms with E-state index in [0.29, 0.717) is 5.57 Å². The predicted molar refractivity (Wildman–Crippen MR) is 87.6 cm³/mol. The van der Waals surface area contributed by atoms with Gasteiger partial charge in [0.2, 0.25) is 6.29 Å². The van der Waals surface area contributed by atoms with E-state index < -0.39 is 47.7 Å². The topological polar surface area (TPSA) is 101 Å². The highest BCUT2D eigenvalue weighted by molar-refractivity contribution is 6.07. The molecule has 3 heterocycles. The zero-order valence-corrected chi connectivity index (χ0v) is 15.7. The van der Waals surface area contributed by atoms with Crippen molar-refractivity contribution in [3.8, 4) is 0 Å². The van der Waals surface area contributed by atoms with Crippen LogP contribution in [0.2, 0.25) is 0 Å². The summed E-state index contributed by atoms with van der Waals surface area (Å²) < 4.78 is 27.2. The van der Waals surface area contributed by atoms with E-state index in [1.807, 2.05) is 13.8 Å². The molecule has 4 rings (SSSR count). The van der Waals surface area contributed by atoms with Crippen molar-refractivity contribution in [1.29, 1.82) is 0 Å². The van der Waals surface area contributed by atoms with E-state index in [0.717, 1.165) is 0 Å². The standard InChI is InChI=1S/C17H23ClO8/c1-8(2)5-12(20)24-15-13-16(21)6-11(23-10(4)19)17(13,7-22-18)26-14(25-15)9(16)3/h8,11,13-15,21H,3,5-7H2,1-2,4H3/t11-,13?,14+,15?,16-,17-/m0/s1. The number of aliphatic hydroxyl groups is 1. The minimum Gasteiger partial charge on any atom is -0.459 e. The third-order valence-electron chi connectivity index (χ3n) is 5.19. The smallest absolute Gasteiger partial charge is 0.308 e. The molecular weight excluding hydrogens is 368 g/mol. The number of fused-ring (bicyclic) bond motifs is 1. The molecule has 0 aromatic rings. The lowest BCUT2D eigenvalue weighted by Crippen LogP contribution is -2.70. The molecule has 0 aromatic heterocycles. The van der Waals surface area contributed by atoms with E-state index in [4.69, 9.17) is 35.1 Å². The van der Waals surface area contributed by atoms with Crippen LogP contribution in [0.3, 0.4) is 0 Å². The molecule has 4 aliphatic rings. The van der Waals surface area contributed by atoms with Gasteiger partial charge >= 0.3 is 11.9 Å². The fraction of sp³-hybridized carbons (Fsp3) is 0.765. The Bertz CT molecular complexity index is 622.